The molecule has 2 rings (SSSR count). The molecule has 0 heterocycles. The average molecular weight is 220 g/mol. The van der Waals surface area contributed by atoms with E-state index in [-0.39, 0.29) is 0 Å². The number of nitrogens with two attached hydrogens (primary N) is 1. The van der Waals surface area contributed by atoms with E-state index in [0.717, 1.165) is 31.6 Å². The molecule has 3 heteroatoms. The Morgan fingerprint density at radius 3 is 2.94 bits per heavy atom. The third-order valence-electron chi connectivity index (χ3n) is 3.16. The van der Waals surface area contributed by atoms with Gasteiger partial charge in [0.15, 0.2) is 0 Å². The lowest BCUT2D eigenvalue weighted by Gasteiger charge is -2.33. The first-order valence-corrected chi connectivity index (χ1v) is 5.90. The van der Waals surface area contributed by atoms with Crippen LogP contribution in [0.4, 0.5) is 0 Å². The Labute approximate surface area is 97.0 Å². The molecule has 0 atom stereocenters. The number of hydrogen-bond acceptors (Lipinski definition) is 3. The van der Waals surface area contributed by atoms with Crippen LogP contribution in [0, 0.1) is 0 Å². The van der Waals surface area contributed by atoms with Gasteiger partial charge in [0.2, 0.25) is 0 Å². The van der Waals surface area contributed by atoms with Crippen molar-refractivity contribution < 1.29 is 4.74 Å². The summed E-state index contributed by atoms with van der Waals surface area (Å²) in [5, 5.41) is 3.51. The van der Waals surface area contributed by atoms with Crippen LogP contribution in [-0.4, -0.2) is 25.7 Å². The average Bonchev–Trinajstić information content (AvgIpc) is 2.27. The minimum Gasteiger partial charge on any atom is -0.497 e. The van der Waals surface area contributed by atoms with Gasteiger partial charge in [-0.1, -0.05) is 12.1 Å². The fourth-order valence-electron chi connectivity index (χ4n) is 2.08. The highest BCUT2D eigenvalue weighted by Crippen LogP contribution is 2.17. The molecule has 0 bridgehead atoms. The Morgan fingerprint density at radius 2 is 2.25 bits per heavy atom. The first-order valence-electron chi connectivity index (χ1n) is 5.90. The quantitative estimate of drug-likeness (QED) is 0.786. The van der Waals surface area contributed by atoms with E-state index in [1.54, 1.807) is 7.11 Å². The van der Waals surface area contributed by atoms with Crippen LogP contribution in [0.15, 0.2) is 24.3 Å². The fourth-order valence-corrected chi connectivity index (χ4v) is 2.08. The molecule has 0 spiro atoms. The zero-order valence-electron chi connectivity index (χ0n) is 9.78. The zero-order valence-corrected chi connectivity index (χ0v) is 9.78. The van der Waals surface area contributed by atoms with Crippen molar-refractivity contribution in [1.82, 2.24) is 5.32 Å². The summed E-state index contributed by atoms with van der Waals surface area (Å²) < 4.78 is 5.19. The van der Waals surface area contributed by atoms with Gasteiger partial charge in [0.05, 0.1) is 7.11 Å². The second-order valence-corrected chi connectivity index (χ2v) is 4.48. The van der Waals surface area contributed by atoms with Gasteiger partial charge >= 0.3 is 0 Å². The Morgan fingerprint density at radius 1 is 1.44 bits per heavy atom. The molecular formula is C13H20N2O. The van der Waals surface area contributed by atoms with E-state index in [9.17, 15) is 0 Å². The summed E-state index contributed by atoms with van der Waals surface area (Å²) in [5.41, 5.74) is 7.05. The zero-order chi connectivity index (χ0) is 11.4. The number of ether oxygens (including phenoxy) is 1. The molecule has 1 aromatic rings. The monoisotopic (exact) mass is 220 g/mol. The van der Waals surface area contributed by atoms with E-state index >= 15 is 0 Å². The predicted octanol–water partition coefficient (Wildman–Crippen LogP) is 1.32. The van der Waals surface area contributed by atoms with Crippen LogP contribution < -0.4 is 15.8 Å². The number of rotatable bonds is 5. The summed E-state index contributed by atoms with van der Waals surface area (Å²) in [5.74, 6) is 0.933. The van der Waals surface area contributed by atoms with Crippen LogP contribution in [0.25, 0.3) is 0 Å². The van der Waals surface area contributed by atoms with E-state index in [1.807, 2.05) is 12.1 Å². The van der Waals surface area contributed by atoms with Gasteiger partial charge in [0.1, 0.15) is 5.75 Å². The van der Waals surface area contributed by atoms with Gasteiger partial charge in [0.25, 0.3) is 0 Å². The van der Waals surface area contributed by atoms with Crippen LogP contribution in [0.5, 0.6) is 5.75 Å². The Balaban J connectivity index is 1.72. The standard InChI is InChI=1S/C13H20N2O/c1-16-13-4-2-3-10(7-13)5-6-15-12-8-11(14)9-12/h2-4,7,11-12,15H,5-6,8-9,14H2,1H3. The molecular weight excluding hydrogens is 200 g/mol. The summed E-state index contributed by atoms with van der Waals surface area (Å²) >= 11 is 0. The maximum atomic E-state index is 5.73. The summed E-state index contributed by atoms with van der Waals surface area (Å²) in [7, 11) is 1.70. The highest BCUT2D eigenvalue weighted by molar-refractivity contribution is 5.28. The summed E-state index contributed by atoms with van der Waals surface area (Å²) in [6.45, 7) is 1.02. The van der Waals surface area contributed by atoms with Gasteiger partial charge in [-0.25, -0.2) is 0 Å². The molecule has 88 valence electrons. The van der Waals surface area contributed by atoms with E-state index in [2.05, 4.69) is 17.4 Å². The molecule has 16 heavy (non-hydrogen) atoms. The van der Waals surface area contributed by atoms with Crippen molar-refractivity contribution in [3.8, 4) is 5.75 Å². The lowest BCUT2D eigenvalue weighted by Crippen LogP contribution is -2.48. The predicted molar refractivity (Wildman–Crippen MR) is 65.7 cm³/mol. The van der Waals surface area contributed by atoms with E-state index in [4.69, 9.17) is 10.5 Å². The SMILES string of the molecule is COc1cccc(CCNC2CC(N)C2)c1. The van der Waals surface area contributed by atoms with Gasteiger partial charge < -0.3 is 15.8 Å². The molecule has 0 aromatic heterocycles. The van der Waals surface area contributed by atoms with E-state index < -0.39 is 0 Å². The first kappa shape index (κ1) is 11.4. The Hall–Kier alpha value is -1.06. The van der Waals surface area contributed by atoms with Crippen LogP contribution in [-0.2, 0) is 6.42 Å². The maximum absolute atomic E-state index is 5.73. The summed E-state index contributed by atoms with van der Waals surface area (Å²) in [6, 6.07) is 9.30. The topological polar surface area (TPSA) is 47.3 Å². The lowest BCUT2D eigenvalue weighted by molar-refractivity contribution is 0.294. The molecule has 1 aliphatic carbocycles. The molecule has 1 fully saturated rings. The molecule has 0 radical (unpaired) electrons. The molecule has 0 saturated heterocycles. The highest BCUT2D eigenvalue weighted by Gasteiger charge is 2.24. The third kappa shape index (κ3) is 2.97. The van der Waals surface area contributed by atoms with Crippen molar-refractivity contribution >= 4 is 0 Å². The Kier molecular flexibility index (Phi) is 3.80. The molecule has 3 nitrogen and oxygen atoms in total. The van der Waals surface area contributed by atoms with Gasteiger partial charge in [-0.3, -0.25) is 0 Å². The largest absolute Gasteiger partial charge is 0.497 e. The van der Waals surface area contributed by atoms with Crippen molar-refractivity contribution in [2.24, 2.45) is 5.73 Å². The van der Waals surface area contributed by atoms with Crippen molar-refractivity contribution in [2.75, 3.05) is 13.7 Å². The van der Waals surface area contributed by atoms with Gasteiger partial charge in [-0.05, 0) is 43.5 Å². The van der Waals surface area contributed by atoms with Gasteiger partial charge in [-0.15, -0.1) is 0 Å². The molecule has 1 aliphatic rings. The molecule has 3 N–H and O–H groups in total. The van der Waals surface area contributed by atoms with Gasteiger partial charge in [0, 0.05) is 12.1 Å². The minimum absolute atomic E-state index is 0.425. The van der Waals surface area contributed by atoms with Crippen LogP contribution >= 0.6 is 0 Å². The fraction of sp³-hybridized carbons (Fsp3) is 0.538. The smallest absolute Gasteiger partial charge is 0.119 e. The molecule has 1 aromatic carbocycles. The number of hydrogen-bond donors (Lipinski definition) is 2. The highest BCUT2D eigenvalue weighted by atomic mass is 16.5. The van der Waals surface area contributed by atoms with E-state index in [0.29, 0.717) is 12.1 Å². The van der Waals surface area contributed by atoms with Crippen molar-refractivity contribution in [3.05, 3.63) is 29.8 Å². The third-order valence-corrected chi connectivity index (χ3v) is 3.16. The number of methoxy groups -OCH3 is 1. The molecule has 1 saturated carbocycles. The summed E-state index contributed by atoms with van der Waals surface area (Å²) in [6.07, 6.45) is 3.29. The number of benzene rings is 1. The maximum Gasteiger partial charge on any atom is 0.119 e. The minimum atomic E-state index is 0.425. The number of nitrogens with one attached hydrogen (secondary N) is 1. The normalized spacial score (nSPS) is 23.9. The molecule has 0 aliphatic heterocycles. The van der Waals surface area contributed by atoms with Crippen molar-refractivity contribution in [2.45, 2.75) is 31.3 Å². The van der Waals surface area contributed by atoms with Crippen molar-refractivity contribution in [3.63, 3.8) is 0 Å². The molecule has 0 unspecified atom stereocenters. The summed E-state index contributed by atoms with van der Waals surface area (Å²) in [4.78, 5) is 0. The second kappa shape index (κ2) is 5.32. The van der Waals surface area contributed by atoms with Crippen LogP contribution in [0.2, 0.25) is 0 Å². The Bertz CT molecular complexity index is 334. The lowest BCUT2D eigenvalue weighted by atomic mass is 9.87. The first-order chi connectivity index (χ1) is 7.78. The van der Waals surface area contributed by atoms with Crippen LogP contribution in [0.3, 0.4) is 0 Å². The molecule has 0 amide bonds. The van der Waals surface area contributed by atoms with E-state index in [1.165, 1.54) is 5.56 Å². The van der Waals surface area contributed by atoms with Crippen LogP contribution in [0.1, 0.15) is 18.4 Å². The van der Waals surface area contributed by atoms with Gasteiger partial charge in [-0.2, -0.15) is 0 Å². The van der Waals surface area contributed by atoms with Crippen molar-refractivity contribution in [1.29, 1.82) is 0 Å². The second-order valence-electron chi connectivity index (χ2n) is 4.48.